The average molecular weight is 344 g/mol. The Bertz CT molecular complexity index is 932. The molecule has 0 spiro atoms. The summed E-state index contributed by atoms with van der Waals surface area (Å²) in [5.41, 5.74) is 1.36. The molecule has 0 fully saturated rings. The highest BCUT2D eigenvalue weighted by Gasteiger charge is 2.20. The van der Waals surface area contributed by atoms with Crippen molar-refractivity contribution in [3.63, 3.8) is 0 Å². The van der Waals surface area contributed by atoms with Crippen molar-refractivity contribution in [3.05, 3.63) is 28.4 Å². The van der Waals surface area contributed by atoms with Gasteiger partial charge in [0.1, 0.15) is 22.8 Å². The molecule has 3 aromatic heterocycles. The number of nitrogens with zero attached hydrogens (tertiary/aromatic N) is 5. The van der Waals surface area contributed by atoms with E-state index in [1.807, 2.05) is 0 Å². The highest BCUT2D eigenvalue weighted by atomic mass is 32.1. The van der Waals surface area contributed by atoms with E-state index in [0.29, 0.717) is 12.4 Å². The van der Waals surface area contributed by atoms with Gasteiger partial charge in [0.05, 0.1) is 11.9 Å². The van der Waals surface area contributed by atoms with Crippen LogP contribution in [0.25, 0.3) is 10.2 Å². The van der Waals surface area contributed by atoms with Gasteiger partial charge in [-0.25, -0.2) is 19.7 Å². The molecule has 3 aromatic rings. The van der Waals surface area contributed by atoms with E-state index in [4.69, 9.17) is 5.11 Å². The first-order chi connectivity index (χ1) is 11.6. The number of aryl methyl sites for hydroxylation is 3. The van der Waals surface area contributed by atoms with Crippen LogP contribution in [0.5, 0.6) is 0 Å². The highest BCUT2D eigenvalue weighted by molar-refractivity contribution is 7.19. The van der Waals surface area contributed by atoms with Gasteiger partial charge in [0.15, 0.2) is 0 Å². The number of carboxylic acids is 1. The number of aromatic nitrogens is 5. The maximum Gasteiger partial charge on any atom is 0.375 e. The second-order valence-electron chi connectivity index (χ2n) is 5.75. The third-order valence-corrected chi connectivity index (χ3v) is 5.41. The smallest absolute Gasteiger partial charge is 0.375 e. The zero-order chi connectivity index (χ0) is 16.7. The first kappa shape index (κ1) is 15.0. The first-order valence-electron chi connectivity index (χ1n) is 7.76. The molecule has 1 aliphatic carbocycles. The molecule has 0 unspecified atom stereocenters. The Hall–Kier alpha value is -2.55. The molecule has 0 saturated carbocycles. The van der Waals surface area contributed by atoms with Crippen molar-refractivity contribution in [2.75, 3.05) is 5.32 Å². The molecule has 124 valence electrons. The van der Waals surface area contributed by atoms with Gasteiger partial charge in [0, 0.05) is 11.9 Å². The van der Waals surface area contributed by atoms with E-state index in [-0.39, 0.29) is 5.82 Å². The van der Waals surface area contributed by atoms with E-state index in [1.165, 1.54) is 28.0 Å². The van der Waals surface area contributed by atoms with Crippen LogP contribution in [0.2, 0.25) is 0 Å². The number of hydrogen-bond donors (Lipinski definition) is 2. The van der Waals surface area contributed by atoms with E-state index in [9.17, 15) is 4.79 Å². The summed E-state index contributed by atoms with van der Waals surface area (Å²) >= 11 is 1.74. The molecule has 0 atom stereocenters. The molecular formula is C15H16N6O2S. The SMILES string of the molecule is Cn1nc(C(=O)O)nc1CNc1ncnc2sc3c(c12)CCCC3. The number of carbonyl (C=O) groups is 1. The Morgan fingerprint density at radius 3 is 3.00 bits per heavy atom. The van der Waals surface area contributed by atoms with Gasteiger partial charge in [0.25, 0.3) is 5.82 Å². The van der Waals surface area contributed by atoms with Crippen LogP contribution >= 0.6 is 11.3 Å². The molecule has 0 bridgehead atoms. The molecule has 0 radical (unpaired) electrons. The minimum atomic E-state index is -1.13. The third kappa shape index (κ3) is 2.50. The molecule has 2 N–H and O–H groups in total. The summed E-state index contributed by atoms with van der Waals surface area (Å²) in [4.78, 5) is 26.2. The quantitative estimate of drug-likeness (QED) is 0.745. The fraction of sp³-hybridized carbons (Fsp3) is 0.400. The minimum Gasteiger partial charge on any atom is -0.475 e. The predicted octanol–water partition coefficient (Wildman–Crippen LogP) is 2.01. The molecule has 8 nitrogen and oxygen atoms in total. The van der Waals surface area contributed by atoms with Crippen molar-refractivity contribution in [1.82, 2.24) is 24.7 Å². The van der Waals surface area contributed by atoms with Crippen molar-refractivity contribution < 1.29 is 9.90 Å². The van der Waals surface area contributed by atoms with Crippen molar-refractivity contribution in [3.8, 4) is 0 Å². The Morgan fingerprint density at radius 2 is 2.21 bits per heavy atom. The van der Waals surface area contributed by atoms with Gasteiger partial charge in [-0.2, -0.15) is 0 Å². The number of carboxylic acid groups (broad SMARTS) is 1. The molecule has 24 heavy (non-hydrogen) atoms. The van der Waals surface area contributed by atoms with Gasteiger partial charge in [-0.05, 0) is 31.2 Å². The second-order valence-corrected chi connectivity index (χ2v) is 6.83. The zero-order valence-electron chi connectivity index (χ0n) is 13.1. The van der Waals surface area contributed by atoms with Crippen molar-refractivity contribution in [2.45, 2.75) is 32.2 Å². The van der Waals surface area contributed by atoms with Gasteiger partial charge < -0.3 is 10.4 Å². The molecule has 0 aromatic carbocycles. The summed E-state index contributed by atoms with van der Waals surface area (Å²) in [5, 5.41) is 17.2. The predicted molar refractivity (Wildman–Crippen MR) is 89.3 cm³/mol. The van der Waals surface area contributed by atoms with Gasteiger partial charge in [-0.1, -0.05) is 0 Å². The maximum absolute atomic E-state index is 11.0. The van der Waals surface area contributed by atoms with Crippen LogP contribution in [0.4, 0.5) is 5.82 Å². The van der Waals surface area contributed by atoms with Crippen molar-refractivity contribution in [2.24, 2.45) is 7.05 Å². The van der Waals surface area contributed by atoms with E-state index in [0.717, 1.165) is 28.9 Å². The monoisotopic (exact) mass is 344 g/mol. The fourth-order valence-corrected chi connectivity index (χ4v) is 4.28. The molecule has 3 heterocycles. The van der Waals surface area contributed by atoms with Crippen LogP contribution in [0.1, 0.15) is 39.7 Å². The Morgan fingerprint density at radius 1 is 1.38 bits per heavy atom. The van der Waals surface area contributed by atoms with E-state index in [2.05, 4.69) is 25.4 Å². The number of aromatic carboxylic acids is 1. The van der Waals surface area contributed by atoms with Crippen LogP contribution < -0.4 is 5.32 Å². The summed E-state index contributed by atoms with van der Waals surface area (Å²) in [6, 6.07) is 0. The lowest BCUT2D eigenvalue weighted by Gasteiger charge is -2.12. The van der Waals surface area contributed by atoms with E-state index >= 15 is 0 Å². The summed E-state index contributed by atoms with van der Waals surface area (Å²) < 4.78 is 1.47. The van der Waals surface area contributed by atoms with Crippen molar-refractivity contribution in [1.29, 1.82) is 0 Å². The maximum atomic E-state index is 11.0. The number of thiophene rings is 1. The number of nitrogens with one attached hydrogen (secondary N) is 1. The number of rotatable bonds is 4. The van der Waals surface area contributed by atoms with Crippen molar-refractivity contribution >= 4 is 33.3 Å². The molecule has 4 rings (SSSR count). The fourth-order valence-electron chi connectivity index (χ4n) is 3.05. The van der Waals surface area contributed by atoms with E-state index < -0.39 is 5.97 Å². The number of anilines is 1. The lowest BCUT2D eigenvalue weighted by atomic mass is 9.97. The normalized spacial score (nSPS) is 13.9. The van der Waals surface area contributed by atoms with Crippen LogP contribution in [0.3, 0.4) is 0 Å². The molecular weight excluding hydrogens is 328 g/mol. The molecule has 1 aliphatic rings. The van der Waals surface area contributed by atoms with Crippen LogP contribution in [-0.4, -0.2) is 35.8 Å². The van der Waals surface area contributed by atoms with E-state index in [1.54, 1.807) is 24.7 Å². The van der Waals surface area contributed by atoms with Gasteiger partial charge >= 0.3 is 5.97 Å². The summed E-state index contributed by atoms with van der Waals surface area (Å²) in [5.74, 6) is -0.00855. The van der Waals surface area contributed by atoms with Gasteiger partial charge in [-0.3, -0.25) is 4.68 Å². The Kier molecular flexibility index (Phi) is 3.64. The first-order valence-corrected chi connectivity index (χ1v) is 8.57. The number of fused-ring (bicyclic) bond motifs is 3. The number of hydrogen-bond acceptors (Lipinski definition) is 7. The topological polar surface area (TPSA) is 106 Å². The van der Waals surface area contributed by atoms with Crippen LogP contribution in [-0.2, 0) is 26.4 Å². The largest absolute Gasteiger partial charge is 0.475 e. The summed E-state index contributed by atoms with van der Waals surface area (Å²) in [6.45, 7) is 0.355. The lowest BCUT2D eigenvalue weighted by molar-refractivity contribution is 0.0683. The summed E-state index contributed by atoms with van der Waals surface area (Å²) in [7, 11) is 1.68. The highest BCUT2D eigenvalue weighted by Crippen LogP contribution is 2.38. The van der Waals surface area contributed by atoms with Crippen LogP contribution in [0, 0.1) is 0 Å². The van der Waals surface area contributed by atoms with Gasteiger partial charge in [0.2, 0.25) is 0 Å². The molecule has 9 heteroatoms. The van der Waals surface area contributed by atoms with Gasteiger partial charge in [-0.15, -0.1) is 16.4 Å². The van der Waals surface area contributed by atoms with Crippen LogP contribution in [0.15, 0.2) is 6.33 Å². The standard InChI is InChI=1S/C15H16N6O2S/c1-21-10(19-13(20-21)15(22)23)6-16-12-11-8-4-2-3-5-9(8)24-14(11)18-7-17-12/h7H,2-6H2,1H3,(H,22,23)(H,16,17,18). The summed E-state index contributed by atoms with van der Waals surface area (Å²) in [6.07, 6.45) is 6.16. The third-order valence-electron chi connectivity index (χ3n) is 4.21. The Balaban J connectivity index is 1.65. The zero-order valence-corrected chi connectivity index (χ0v) is 13.9. The molecule has 0 aliphatic heterocycles. The Labute approximate surface area is 141 Å². The lowest BCUT2D eigenvalue weighted by Crippen LogP contribution is -2.08. The molecule has 0 saturated heterocycles. The average Bonchev–Trinajstić information content (AvgIpc) is 3.13. The minimum absolute atomic E-state index is 0.199. The molecule has 0 amide bonds. The second kappa shape index (κ2) is 5.82.